The predicted octanol–water partition coefficient (Wildman–Crippen LogP) is 3.40. The number of carbonyl (C=O) groups excluding carboxylic acids is 1. The lowest BCUT2D eigenvalue weighted by Crippen LogP contribution is -2.33. The molecule has 2 aromatic rings. The molecule has 0 radical (unpaired) electrons. The van der Waals surface area contributed by atoms with E-state index < -0.39 is 0 Å². The van der Waals surface area contributed by atoms with Crippen LogP contribution in [0.25, 0.3) is 0 Å². The van der Waals surface area contributed by atoms with E-state index in [4.69, 9.17) is 9.26 Å². The number of nitrogens with one attached hydrogen (secondary N) is 1. The van der Waals surface area contributed by atoms with Crippen LogP contribution < -0.4 is 10.1 Å². The van der Waals surface area contributed by atoms with Crippen LogP contribution in [0.15, 0.2) is 28.8 Å². The summed E-state index contributed by atoms with van der Waals surface area (Å²) in [6, 6.07) is 7.46. The molecule has 5 heteroatoms. The van der Waals surface area contributed by atoms with Crippen molar-refractivity contribution < 1.29 is 14.1 Å². The fourth-order valence-corrected chi connectivity index (χ4v) is 2.57. The second-order valence-corrected chi connectivity index (χ2v) is 6.22. The zero-order chi connectivity index (χ0) is 16.4. The molecule has 0 aliphatic heterocycles. The van der Waals surface area contributed by atoms with Gasteiger partial charge >= 0.3 is 0 Å². The Morgan fingerprint density at radius 3 is 2.61 bits per heavy atom. The Kier molecular flexibility index (Phi) is 4.37. The van der Waals surface area contributed by atoms with Crippen molar-refractivity contribution in [3.8, 4) is 5.75 Å². The van der Waals surface area contributed by atoms with Gasteiger partial charge in [0.05, 0.1) is 11.3 Å². The Morgan fingerprint density at radius 1 is 1.35 bits per heavy atom. The third-order valence-corrected chi connectivity index (χ3v) is 4.37. The van der Waals surface area contributed by atoms with Gasteiger partial charge in [0.1, 0.15) is 18.1 Å². The number of rotatable bonds is 6. The van der Waals surface area contributed by atoms with Crippen LogP contribution in [0.2, 0.25) is 0 Å². The number of carbonyl (C=O) groups is 1. The molecule has 1 aromatic carbocycles. The first-order valence-electron chi connectivity index (χ1n) is 8.00. The van der Waals surface area contributed by atoms with Gasteiger partial charge in [0, 0.05) is 11.6 Å². The zero-order valence-corrected chi connectivity index (χ0v) is 13.8. The van der Waals surface area contributed by atoms with Crippen molar-refractivity contribution in [3.05, 3.63) is 46.8 Å². The number of hydrogen-bond acceptors (Lipinski definition) is 4. The molecule has 0 saturated heterocycles. The van der Waals surface area contributed by atoms with Crippen molar-refractivity contribution in [2.24, 2.45) is 5.92 Å². The maximum absolute atomic E-state index is 12.2. The SMILES string of the molecule is Cc1noc(C)c1COc1ccc(C(=O)N[C@H](C)C2CC2)cc1. The number of ether oxygens (including phenoxy) is 1. The first kappa shape index (κ1) is 15.6. The number of amides is 1. The Bertz CT molecular complexity index is 667. The molecule has 1 aliphatic rings. The molecule has 1 N–H and O–H groups in total. The monoisotopic (exact) mass is 314 g/mol. The summed E-state index contributed by atoms with van der Waals surface area (Å²) in [7, 11) is 0. The average molecular weight is 314 g/mol. The lowest BCUT2D eigenvalue weighted by Gasteiger charge is -2.13. The average Bonchev–Trinajstić information content (AvgIpc) is 3.34. The van der Waals surface area contributed by atoms with Crippen LogP contribution in [0.3, 0.4) is 0 Å². The Balaban J connectivity index is 1.57. The van der Waals surface area contributed by atoms with Crippen molar-refractivity contribution in [1.29, 1.82) is 0 Å². The maximum Gasteiger partial charge on any atom is 0.251 e. The van der Waals surface area contributed by atoms with Gasteiger partial charge in [-0.1, -0.05) is 5.16 Å². The molecule has 1 atom stereocenters. The highest BCUT2D eigenvalue weighted by molar-refractivity contribution is 5.94. The third kappa shape index (κ3) is 3.73. The van der Waals surface area contributed by atoms with E-state index in [0.717, 1.165) is 22.8 Å². The standard InChI is InChI=1S/C18H22N2O3/c1-11(14-4-5-14)19-18(21)15-6-8-16(9-7-15)22-10-17-12(2)20-23-13(17)3/h6-9,11,14H,4-5,10H2,1-3H3,(H,19,21)/t11-/m1/s1. The summed E-state index contributed by atoms with van der Waals surface area (Å²) in [5.74, 6) is 2.11. The highest BCUT2D eigenvalue weighted by Gasteiger charge is 2.29. The fourth-order valence-electron chi connectivity index (χ4n) is 2.57. The normalized spacial score (nSPS) is 15.3. The lowest BCUT2D eigenvalue weighted by molar-refractivity contribution is 0.0936. The van der Waals surface area contributed by atoms with Crippen molar-refractivity contribution in [3.63, 3.8) is 0 Å². The molecule has 1 aliphatic carbocycles. The molecular weight excluding hydrogens is 292 g/mol. The summed E-state index contributed by atoms with van der Waals surface area (Å²) in [6.45, 7) is 6.24. The minimum Gasteiger partial charge on any atom is -0.489 e. The number of aromatic nitrogens is 1. The highest BCUT2D eigenvalue weighted by atomic mass is 16.5. The van der Waals surface area contributed by atoms with Gasteiger partial charge in [0.25, 0.3) is 5.91 Å². The van der Waals surface area contributed by atoms with Gasteiger partial charge in [-0.2, -0.15) is 0 Å². The Labute approximate surface area is 136 Å². The summed E-state index contributed by atoms with van der Waals surface area (Å²) < 4.78 is 10.9. The minimum absolute atomic E-state index is 0.0262. The largest absolute Gasteiger partial charge is 0.489 e. The van der Waals surface area contributed by atoms with E-state index in [1.165, 1.54) is 12.8 Å². The first-order chi connectivity index (χ1) is 11.0. The van der Waals surface area contributed by atoms with Crippen molar-refractivity contribution in [2.45, 2.75) is 46.3 Å². The third-order valence-electron chi connectivity index (χ3n) is 4.37. The molecule has 1 fully saturated rings. The first-order valence-corrected chi connectivity index (χ1v) is 8.00. The Hall–Kier alpha value is -2.30. The topological polar surface area (TPSA) is 64.4 Å². The molecule has 1 heterocycles. The van der Waals surface area contributed by atoms with E-state index in [9.17, 15) is 4.79 Å². The second-order valence-electron chi connectivity index (χ2n) is 6.22. The van der Waals surface area contributed by atoms with Crippen LogP contribution in [-0.4, -0.2) is 17.1 Å². The van der Waals surface area contributed by atoms with Crippen molar-refractivity contribution >= 4 is 5.91 Å². The van der Waals surface area contributed by atoms with E-state index in [2.05, 4.69) is 17.4 Å². The predicted molar refractivity (Wildman–Crippen MR) is 86.4 cm³/mol. The molecule has 1 aromatic heterocycles. The summed E-state index contributed by atoms with van der Waals surface area (Å²) in [6.07, 6.45) is 2.44. The van der Waals surface area contributed by atoms with Gasteiger partial charge in [0.2, 0.25) is 0 Å². The van der Waals surface area contributed by atoms with Gasteiger partial charge in [-0.3, -0.25) is 4.79 Å². The molecule has 1 amide bonds. The van der Waals surface area contributed by atoms with Gasteiger partial charge < -0.3 is 14.6 Å². The van der Waals surface area contributed by atoms with Crippen LogP contribution in [0.4, 0.5) is 0 Å². The summed E-state index contributed by atoms with van der Waals surface area (Å²) in [5.41, 5.74) is 2.46. The molecule has 5 nitrogen and oxygen atoms in total. The van der Waals surface area contributed by atoms with Gasteiger partial charge in [-0.25, -0.2) is 0 Å². The van der Waals surface area contributed by atoms with E-state index in [-0.39, 0.29) is 11.9 Å². The van der Waals surface area contributed by atoms with Gasteiger partial charge in [-0.15, -0.1) is 0 Å². The van der Waals surface area contributed by atoms with E-state index in [0.29, 0.717) is 18.1 Å². The molecule has 0 bridgehead atoms. The van der Waals surface area contributed by atoms with Crippen LogP contribution in [0.1, 0.15) is 47.1 Å². The molecule has 0 spiro atoms. The summed E-state index contributed by atoms with van der Waals surface area (Å²) in [5, 5.41) is 6.95. The maximum atomic E-state index is 12.2. The number of aryl methyl sites for hydroxylation is 2. The molecular formula is C18H22N2O3. The molecule has 1 saturated carbocycles. The molecule has 23 heavy (non-hydrogen) atoms. The van der Waals surface area contributed by atoms with E-state index in [1.807, 2.05) is 26.0 Å². The molecule has 122 valence electrons. The van der Waals surface area contributed by atoms with Crippen molar-refractivity contribution in [2.75, 3.05) is 0 Å². The van der Waals surface area contributed by atoms with Crippen LogP contribution in [0.5, 0.6) is 5.75 Å². The minimum atomic E-state index is -0.0262. The van der Waals surface area contributed by atoms with Crippen molar-refractivity contribution in [1.82, 2.24) is 10.5 Å². The van der Waals surface area contributed by atoms with Gasteiger partial charge in [0.15, 0.2) is 0 Å². The number of hydrogen-bond donors (Lipinski definition) is 1. The quantitative estimate of drug-likeness (QED) is 0.887. The highest BCUT2D eigenvalue weighted by Crippen LogP contribution is 2.32. The second kappa shape index (κ2) is 6.44. The summed E-state index contributed by atoms with van der Waals surface area (Å²) >= 11 is 0. The zero-order valence-electron chi connectivity index (χ0n) is 13.8. The van der Waals surface area contributed by atoms with Crippen LogP contribution >= 0.6 is 0 Å². The summed E-state index contributed by atoms with van der Waals surface area (Å²) in [4.78, 5) is 12.2. The molecule has 0 unspecified atom stereocenters. The van der Waals surface area contributed by atoms with Gasteiger partial charge in [-0.05, 0) is 63.8 Å². The number of nitrogens with zero attached hydrogens (tertiary/aromatic N) is 1. The lowest BCUT2D eigenvalue weighted by atomic mass is 10.1. The van der Waals surface area contributed by atoms with E-state index >= 15 is 0 Å². The Morgan fingerprint density at radius 2 is 2.04 bits per heavy atom. The smallest absolute Gasteiger partial charge is 0.251 e. The molecule has 3 rings (SSSR count). The fraction of sp³-hybridized carbons (Fsp3) is 0.444. The van der Waals surface area contributed by atoms with E-state index in [1.54, 1.807) is 12.1 Å². The van der Waals surface area contributed by atoms with Crippen LogP contribution in [0, 0.1) is 19.8 Å². The van der Waals surface area contributed by atoms with Crippen LogP contribution in [-0.2, 0) is 6.61 Å². The number of benzene rings is 1.